The van der Waals surface area contributed by atoms with Crippen molar-refractivity contribution in [1.29, 1.82) is 0 Å². The van der Waals surface area contributed by atoms with Crippen LogP contribution in [0.4, 0.5) is 0 Å². The fraction of sp³-hybridized carbons (Fsp3) is 0.0625. The third-order valence-corrected chi connectivity index (χ3v) is 4.02. The van der Waals surface area contributed by atoms with Crippen molar-refractivity contribution in [3.05, 3.63) is 65.4 Å². The van der Waals surface area contributed by atoms with E-state index in [0.717, 1.165) is 0 Å². The van der Waals surface area contributed by atoms with Gasteiger partial charge >= 0.3 is 0 Å². The van der Waals surface area contributed by atoms with Crippen molar-refractivity contribution in [3.63, 3.8) is 0 Å². The molecular weight excluding hydrogens is 326 g/mol. The molecule has 0 aliphatic heterocycles. The van der Waals surface area contributed by atoms with Gasteiger partial charge in [0.15, 0.2) is 10.8 Å². The van der Waals surface area contributed by atoms with Crippen LogP contribution in [0.15, 0.2) is 54.2 Å². The van der Waals surface area contributed by atoms with Gasteiger partial charge in [0.05, 0.1) is 0 Å². The Hall–Kier alpha value is -3.13. The SMILES string of the molecule is NC(=O)[C@@H](NC(=O)c1csc(-c2ncccn2)n1)c1ccccc1. The van der Waals surface area contributed by atoms with E-state index in [9.17, 15) is 9.59 Å². The quantitative estimate of drug-likeness (QED) is 0.733. The van der Waals surface area contributed by atoms with Crippen molar-refractivity contribution >= 4 is 23.2 Å². The molecule has 8 heteroatoms. The number of rotatable bonds is 5. The van der Waals surface area contributed by atoms with E-state index in [2.05, 4.69) is 20.3 Å². The maximum absolute atomic E-state index is 12.4. The number of carbonyl (C=O) groups excluding carboxylic acids is 2. The van der Waals surface area contributed by atoms with Crippen LogP contribution in [0.25, 0.3) is 10.8 Å². The van der Waals surface area contributed by atoms with Gasteiger partial charge in [0.25, 0.3) is 5.91 Å². The van der Waals surface area contributed by atoms with Gasteiger partial charge in [-0.1, -0.05) is 30.3 Å². The highest BCUT2D eigenvalue weighted by Crippen LogP contribution is 2.20. The monoisotopic (exact) mass is 339 g/mol. The molecule has 3 N–H and O–H groups in total. The van der Waals surface area contributed by atoms with E-state index in [4.69, 9.17) is 5.73 Å². The number of benzene rings is 1. The van der Waals surface area contributed by atoms with Crippen LogP contribution < -0.4 is 11.1 Å². The largest absolute Gasteiger partial charge is 0.368 e. The molecular formula is C16H13N5O2S. The highest BCUT2D eigenvalue weighted by molar-refractivity contribution is 7.13. The minimum atomic E-state index is -0.920. The van der Waals surface area contributed by atoms with Crippen LogP contribution >= 0.6 is 11.3 Å². The predicted octanol–water partition coefficient (Wildman–Crippen LogP) is 1.56. The molecule has 0 aliphatic carbocycles. The van der Waals surface area contributed by atoms with Crippen molar-refractivity contribution < 1.29 is 9.59 Å². The Morgan fingerprint density at radius 3 is 2.46 bits per heavy atom. The van der Waals surface area contributed by atoms with Crippen LogP contribution in [0.3, 0.4) is 0 Å². The number of primary amides is 1. The highest BCUT2D eigenvalue weighted by Gasteiger charge is 2.22. The highest BCUT2D eigenvalue weighted by atomic mass is 32.1. The standard InChI is InChI=1S/C16H13N5O2S/c17-13(22)12(10-5-2-1-3-6-10)21-15(23)11-9-24-16(20-11)14-18-7-4-8-19-14/h1-9,12H,(H2,17,22)(H,21,23)/t12-/m0/s1. The second-order valence-electron chi connectivity index (χ2n) is 4.83. The molecule has 2 heterocycles. The molecule has 1 atom stereocenters. The lowest BCUT2D eigenvalue weighted by atomic mass is 10.1. The third kappa shape index (κ3) is 3.44. The maximum Gasteiger partial charge on any atom is 0.271 e. The van der Waals surface area contributed by atoms with Crippen molar-refractivity contribution in [2.75, 3.05) is 0 Å². The molecule has 3 rings (SSSR count). The van der Waals surface area contributed by atoms with E-state index in [1.165, 1.54) is 11.3 Å². The lowest BCUT2D eigenvalue weighted by molar-refractivity contribution is -0.120. The first-order valence-corrected chi connectivity index (χ1v) is 7.91. The van der Waals surface area contributed by atoms with E-state index in [1.807, 2.05) is 6.07 Å². The molecule has 0 bridgehead atoms. The zero-order chi connectivity index (χ0) is 16.9. The smallest absolute Gasteiger partial charge is 0.271 e. The van der Waals surface area contributed by atoms with Crippen LogP contribution in [-0.2, 0) is 4.79 Å². The summed E-state index contributed by atoms with van der Waals surface area (Å²) in [6.45, 7) is 0. The Kier molecular flexibility index (Phi) is 4.57. The molecule has 0 spiro atoms. The van der Waals surface area contributed by atoms with E-state index in [1.54, 1.807) is 48.1 Å². The Morgan fingerprint density at radius 2 is 1.79 bits per heavy atom. The van der Waals surface area contributed by atoms with Crippen LogP contribution in [0, 0.1) is 0 Å². The predicted molar refractivity (Wildman–Crippen MR) is 89.0 cm³/mol. The molecule has 120 valence electrons. The first-order chi connectivity index (χ1) is 11.6. The average Bonchev–Trinajstić information content (AvgIpc) is 3.11. The fourth-order valence-corrected chi connectivity index (χ4v) is 2.80. The van der Waals surface area contributed by atoms with Crippen molar-refractivity contribution in [2.24, 2.45) is 5.73 Å². The third-order valence-electron chi connectivity index (χ3n) is 3.19. The average molecular weight is 339 g/mol. The lowest BCUT2D eigenvalue weighted by Crippen LogP contribution is -2.37. The normalized spacial score (nSPS) is 11.7. The Morgan fingerprint density at radius 1 is 1.08 bits per heavy atom. The van der Waals surface area contributed by atoms with Gasteiger partial charge in [0.1, 0.15) is 11.7 Å². The summed E-state index contributed by atoms with van der Waals surface area (Å²) < 4.78 is 0. The fourth-order valence-electron chi connectivity index (χ4n) is 2.06. The Labute approximate surface area is 141 Å². The second kappa shape index (κ2) is 6.97. The molecule has 0 radical (unpaired) electrons. The van der Waals surface area contributed by atoms with Gasteiger partial charge in [-0.3, -0.25) is 9.59 Å². The number of hydrogen-bond donors (Lipinski definition) is 2. The van der Waals surface area contributed by atoms with Crippen LogP contribution in [0.2, 0.25) is 0 Å². The number of amides is 2. The molecule has 3 aromatic rings. The lowest BCUT2D eigenvalue weighted by Gasteiger charge is -2.14. The zero-order valence-corrected chi connectivity index (χ0v) is 13.2. The van der Waals surface area contributed by atoms with Crippen molar-refractivity contribution in [2.45, 2.75) is 6.04 Å². The molecule has 24 heavy (non-hydrogen) atoms. The van der Waals surface area contributed by atoms with Crippen LogP contribution in [-0.4, -0.2) is 26.8 Å². The molecule has 0 saturated heterocycles. The van der Waals surface area contributed by atoms with Gasteiger partial charge in [-0.05, 0) is 11.6 Å². The molecule has 1 aromatic carbocycles. The van der Waals surface area contributed by atoms with E-state index < -0.39 is 17.9 Å². The minimum absolute atomic E-state index is 0.185. The van der Waals surface area contributed by atoms with Crippen LogP contribution in [0.5, 0.6) is 0 Å². The molecule has 0 unspecified atom stereocenters. The summed E-state index contributed by atoms with van der Waals surface area (Å²) in [6, 6.07) is 9.57. The van der Waals surface area contributed by atoms with Gasteiger partial charge in [-0.15, -0.1) is 11.3 Å². The number of thiazole rings is 1. The Bertz CT molecular complexity index is 851. The van der Waals surface area contributed by atoms with Gasteiger partial charge in [-0.25, -0.2) is 15.0 Å². The van der Waals surface area contributed by atoms with E-state index >= 15 is 0 Å². The molecule has 2 aromatic heterocycles. The van der Waals surface area contributed by atoms with Crippen molar-refractivity contribution in [1.82, 2.24) is 20.3 Å². The molecule has 2 amide bonds. The first kappa shape index (κ1) is 15.8. The van der Waals surface area contributed by atoms with Crippen molar-refractivity contribution in [3.8, 4) is 10.8 Å². The number of nitrogens with one attached hydrogen (secondary N) is 1. The maximum atomic E-state index is 12.4. The summed E-state index contributed by atoms with van der Waals surface area (Å²) in [4.78, 5) is 36.4. The van der Waals surface area contributed by atoms with E-state index in [0.29, 0.717) is 16.4 Å². The Balaban J connectivity index is 1.79. The number of carbonyl (C=O) groups is 2. The zero-order valence-electron chi connectivity index (χ0n) is 12.4. The van der Waals surface area contributed by atoms with Gasteiger partial charge in [0.2, 0.25) is 5.91 Å². The summed E-state index contributed by atoms with van der Waals surface area (Å²) in [5, 5.41) is 4.72. The molecule has 0 aliphatic rings. The van der Waals surface area contributed by atoms with Crippen LogP contribution in [0.1, 0.15) is 22.1 Å². The van der Waals surface area contributed by atoms with E-state index in [-0.39, 0.29) is 5.69 Å². The summed E-state index contributed by atoms with van der Waals surface area (Å²) in [6.07, 6.45) is 3.20. The second-order valence-corrected chi connectivity index (χ2v) is 5.69. The number of nitrogens with zero attached hydrogens (tertiary/aromatic N) is 3. The topological polar surface area (TPSA) is 111 Å². The molecule has 0 saturated carbocycles. The first-order valence-electron chi connectivity index (χ1n) is 7.03. The summed E-state index contributed by atoms with van der Waals surface area (Å²) in [5.41, 5.74) is 6.20. The number of nitrogens with two attached hydrogens (primary N) is 1. The number of aromatic nitrogens is 3. The summed E-state index contributed by atoms with van der Waals surface area (Å²) in [7, 11) is 0. The summed E-state index contributed by atoms with van der Waals surface area (Å²) in [5.74, 6) is -0.687. The molecule has 0 fully saturated rings. The van der Waals surface area contributed by atoms with Gasteiger partial charge in [-0.2, -0.15) is 0 Å². The van der Waals surface area contributed by atoms with Gasteiger partial charge < -0.3 is 11.1 Å². The number of hydrogen-bond acceptors (Lipinski definition) is 6. The molecule has 7 nitrogen and oxygen atoms in total. The summed E-state index contributed by atoms with van der Waals surface area (Å²) >= 11 is 1.25. The van der Waals surface area contributed by atoms with Gasteiger partial charge in [0, 0.05) is 17.8 Å². The minimum Gasteiger partial charge on any atom is -0.368 e.